The number of hydrogen-bond acceptors (Lipinski definition) is 3. The highest BCUT2D eigenvalue weighted by Gasteiger charge is 2.27. The summed E-state index contributed by atoms with van der Waals surface area (Å²) in [6, 6.07) is 9.18. The van der Waals surface area contributed by atoms with Crippen LogP contribution in [0.3, 0.4) is 0 Å². The molecule has 1 atom stereocenters. The Morgan fingerprint density at radius 3 is 3.20 bits per heavy atom. The molecule has 0 N–H and O–H groups in total. The Morgan fingerprint density at radius 1 is 1.30 bits per heavy atom. The van der Waals surface area contributed by atoms with E-state index in [9.17, 15) is 0 Å². The van der Waals surface area contributed by atoms with Gasteiger partial charge in [-0.1, -0.05) is 6.07 Å². The van der Waals surface area contributed by atoms with Crippen molar-refractivity contribution in [3.63, 3.8) is 0 Å². The average molecular weight is 283 g/mol. The number of fused-ring (bicyclic) bond motifs is 1. The fourth-order valence-electron chi connectivity index (χ4n) is 3.21. The molecule has 1 aliphatic heterocycles. The molecule has 0 aromatic carbocycles. The number of thiophene rings is 1. The second-order valence-corrected chi connectivity index (χ2v) is 6.15. The maximum Gasteiger partial charge on any atom is 0.136 e. The predicted octanol–water partition coefficient (Wildman–Crippen LogP) is 3.73. The smallest absolute Gasteiger partial charge is 0.136 e. The zero-order valence-electron chi connectivity index (χ0n) is 11.3. The summed E-state index contributed by atoms with van der Waals surface area (Å²) < 4.78 is 2.23. The molecule has 4 heterocycles. The lowest BCUT2D eigenvalue weighted by atomic mass is 10.1. The minimum Gasteiger partial charge on any atom is -0.302 e. The molecule has 20 heavy (non-hydrogen) atoms. The normalized spacial score (nSPS) is 19.9. The van der Waals surface area contributed by atoms with Gasteiger partial charge in [0.25, 0.3) is 0 Å². The molecule has 0 bridgehead atoms. The monoisotopic (exact) mass is 283 g/mol. The van der Waals surface area contributed by atoms with Crippen LogP contribution in [0.1, 0.15) is 30.1 Å². The topological polar surface area (TPSA) is 20.5 Å². The Kier molecular flexibility index (Phi) is 3.05. The SMILES string of the molecule is c1cc([C@H]2CCCN2Cc2ccsc2)n2ccnc2c1. The van der Waals surface area contributed by atoms with Gasteiger partial charge in [0.05, 0.1) is 6.04 Å². The van der Waals surface area contributed by atoms with E-state index in [1.54, 1.807) is 11.3 Å². The van der Waals surface area contributed by atoms with E-state index in [0.29, 0.717) is 6.04 Å². The number of pyridine rings is 1. The van der Waals surface area contributed by atoms with Crippen molar-refractivity contribution in [1.82, 2.24) is 14.3 Å². The number of rotatable bonds is 3. The molecular formula is C16H17N3S. The van der Waals surface area contributed by atoms with Crippen molar-refractivity contribution >= 4 is 17.0 Å². The third-order valence-corrected chi connectivity index (χ3v) is 4.86. The number of nitrogens with zero attached hydrogens (tertiary/aromatic N) is 3. The van der Waals surface area contributed by atoms with Crippen LogP contribution in [-0.4, -0.2) is 20.8 Å². The number of aromatic nitrogens is 2. The van der Waals surface area contributed by atoms with E-state index in [1.807, 2.05) is 6.20 Å². The number of likely N-dealkylation sites (tertiary alicyclic amines) is 1. The molecule has 1 fully saturated rings. The van der Waals surface area contributed by atoms with Crippen molar-refractivity contribution in [2.45, 2.75) is 25.4 Å². The summed E-state index contributed by atoms with van der Waals surface area (Å²) in [4.78, 5) is 6.99. The van der Waals surface area contributed by atoms with Gasteiger partial charge in [-0.15, -0.1) is 0 Å². The van der Waals surface area contributed by atoms with Crippen LogP contribution in [-0.2, 0) is 6.54 Å². The number of hydrogen-bond donors (Lipinski definition) is 0. The van der Waals surface area contributed by atoms with E-state index < -0.39 is 0 Å². The maximum atomic E-state index is 4.40. The summed E-state index contributed by atoms with van der Waals surface area (Å²) in [7, 11) is 0. The van der Waals surface area contributed by atoms with Crippen molar-refractivity contribution in [3.8, 4) is 0 Å². The van der Waals surface area contributed by atoms with Gasteiger partial charge in [-0.2, -0.15) is 11.3 Å². The Hall–Kier alpha value is -1.65. The molecule has 0 aliphatic carbocycles. The van der Waals surface area contributed by atoms with Crippen LogP contribution in [0.5, 0.6) is 0 Å². The van der Waals surface area contributed by atoms with Crippen LogP contribution in [0, 0.1) is 0 Å². The molecule has 3 aromatic heterocycles. The van der Waals surface area contributed by atoms with Gasteiger partial charge in [-0.25, -0.2) is 4.98 Å². The fourth-order valence-corrected chi connectivity index (χ4v) is 3.87. The van der Waals surface area contributed by atoms with Gasteiger partial charge in [0.2, 0.25) is 0 Å². The molecule has 1 saturated heterocycles. The Morgan fingerprint density at radius 2 is 2.30 bits per heavy atom. The summed E-state index contributed by atoms with van der Waals surface area (Å²) in [5, 5.41) is 4.42. The van der Waals surface area contributed by atoms with Gasteiger partial charge in [-0.3, -0.25) is 4.90 Å². The molecule has 4 rings (SSSR count). The standard InChI is InChI=1S/C16H17N3S/c1-3-15(19-9-7-17-16(19)5-1)14-4-2-8-18(14)11-13-6-10-20-12-13/h1,3,5-7,9-10,12,14H,2,4,8,11H2/t14-/m1/s1. The van der Waals surface area contributed by atoms with Crippen LogP contribution in [0.25, 0.3) is 5.65 Å². The van der Waals surface area contributed by atoms with E-state index in [2.05, 4.69) is 55.5 Å². The van der Waals surface area contributed by atoms with Crippen LogP contribution in [0.2, 0.25) is 0 Å². The first-order valence-electron chi connectivity index (χ1n) is 7.09. The predicted molar refractivity (Wildman–Crippen MR) is 81.9 cm³/mol. The molecule has 0 unspecified atom stereocenters. The van der Waals surface area contributed by atoms with Gasteiger partial charge in [0, 0.05) is 24.6 Å². The summed E-state index contributed by atoms with van der Waals surface area (Å²) in [6.45, 7) is 2.24. The largest absolute Gasteiger partial charge is 0.302 e. The van der Waals surface area contributed by atoms with Crippen molar-refractivity contribution < 1.29 is 0 Å². The Balaban J connectivity index is 1.68. The van der Waals surface area contributed by atoms with Gasteiger partial charge in [0.1, 0.15) is 5.65 Å². The van der Waals surface area contributed by atoms with Gasteiger partial charge < -0.3 is 4.40 Å². The molecule has 0 spiro atoms. The molecule has 1 aliphatic rings. The van der Waals surface area contributed by atoms with E-state index in [4.69, 9.17) is 0 Å². The van der Waals surface area contributed by atoms with Gasteiger partial charge in [-0.05, 0) is 53.9 Å². The summed E-state index contributed by atoms with van der Waals surface area (Å²) in [5.41, 5.74) is 3.84. The van der Waals surface area contributed by atoms with E-state index in [1.165, 1.54) is 30.6 Å². The molecule has 0 radical (unpaired) electrons. The third kappa shape index (κ3) is 2.05. The van der Waals surface area contributed by atoms with Gasteiger partial charge >= 0.3 is 0 Å². The highest BCUT2D eigenvalue weighted by atomic mass is 32.1. The van der Waals surface area contributed by atoms with Crippen LogP contribution >= 0.6 is 11.3 Å². The Bertz CT molecular complexity index is 701. The molecule has 0 amide bonds. The highest BCUT2D eigenvalue weighted by Crippen LogP contribution is 2.33. The summed E-state index contributed by atoms with van der Waals surface area (Å²) in [5.74, 6) is 0. The van der Waals surface area contributed by atoms with E-state index >= 15 is 0 Å². The first-order valence-corrected chi connectivity index (χ1v) is 8.03. The van der Waals surface area contributed by atoms with E-state index in [-0.39, 0.29) is 0 Å². The number of imidazole rings is 1. The molecule has 3 aromatic rings. The quantitative estimate of drug-likeness (QED) is 0.730. The van der Waals surface area contributed by atoms with Crippen LogP contribution in [0.4, 0.5) is 0 Å². The maximum absolute atomic E-state index is 4.40. The minimum atomic E-state index is 0.507. The average Bonchev–Trinajstić information content (AvgIpc) is 3.19. The second-order valence-electron chi connectivity index (χ2n) is 5.37. The van der Waals surface area contributed by atoms with E-state index in [0.717, 1.165) is 12.2 Å². The fraction of sp³-hybridized carbons (Fsp3) is 0.312. The molecule has 3 nitrogen and oxygen atoms in total. The summed E-state index contributed by atoms with van der Waals surface area (Å²) in [6.07, 6.45) is 6.48. The first kappa shape index (κ1) is 12.1. The van der Waals surface area contributed by atoms with Crippen molar-refractivity contribution in [1.29, 1.82) is 0 Å². The zero-order chi connectivity index (χ0) is 13.4. The molecule has 0 saturated carbocycles. The van der Waals surface area contributed by atoms with Crippen LogP contribution < -0.4 is 0 Å². The third-order valence-electron chi connectivity index (χ3n) is 4.13. The highest BCUT2D eigenvalue weighted by molar-refractivity contribution is 7.07. The van der Waals surface area contributed by atoms with Crippen molar-refractivity contribution in [3.05, 3.63) is 58.7 Å². The van der Waals surface area contributed by atoms with Crippen LogP contribution in [0.15, 0.2) is 47.4 Å². The zero-order valence-corrected chi connectivity index (χ0v) is 12.1. The lowest BCUT2D eigenvalue weighted by molar-refractivity contribution is 0.243. The lowest BCUT2D eigenvalue weighted by Crippen LogP contribution is -2.23. The molecule has 4 heteroatoms. The Labute approximate surface area is 122 Å². The second kappa shape index (κ2) is 5.04. The minimum absolute atomic E-state index is 0.507. The lowest BCUT2D eigenvalue weighted by Gasteiger charge is -2.25. The van der Waals surface area contributed by atoms with Gasteiger partial charge in [0.15, 0.2) is 0 Å². The van der Waals surface area contributed by atoms with Crippen molar-refractivity contribution in [2.24, 2.45) is 0 Å². The molecular weight excluding hydrogens is 266 g/mol. The first-order chi connectivity index (χ1) is 9.92. The van der Waals surface area contributed by atoms with Crippen molar-refractivity contribution in [2.75, 3.05) is 6.54 Å². The summed E-state index contributed by atoms with van der Waals surface area (Å²) >= 11 is 1.78. The molecule has 102 valence electrons.